The second kappa shape index (κ2) is 4.37. The largest absolute Gasteiger partial charge is 0.412 e. The number of halogens is 5. The first kappa shape index (κ1) is 14.2. The first-order chi connectivity index (χ1) is 9.26. The van der Waals surface area contributed by atoms with Crippen molar-refractivity contribution in [2.45, 2.75) is 36.9 Å². The third-order valence-electron chi connectivity index (χ3n) is 3.68. The third kappa shape index (κ3) is 1.96. The fourth-order valence-corrected chi connectivity index (χ4v) is 3.03. The van der Waals surface area contributed by atoms with E-state index in [1.165, 1.54) is 4.57 Å². The van der Waals surface area contributed by atoms with Gasteiger partial charge in [0, 0.05) is 4.47 Å². The molecule has 1 unspecified atom stereocenters. The molecule has 1 aliphatic carbocycles. The number of rotatable bonds is 2. The van der Waals surface area contributed by atoms with Crippen LogP contribution in [-0.4, -0.2) is 15.7 Å². The molecule has 2 aromatic rings. The number of aromatic nitrogens is 2. The highest BCUT2D eigenvalue weighted by atomic mass is 79.9. The van der Waals surface area contributed by atoms with Crippen LogP contribution in [0.4, 0.5) is 13.2 Å². The average Bonchev–Trinajstić information content (AvgIpc) is 3.05. The maximum Gasteiger partial charge on any atom is 0.412 e. The molecule has 1 heterocycles. The van der Waals surface area contributed by atoms with Crippen molar-refractivity contribution in [2.75, 3.05) is 0 Å². The van der Waals surface area contributed by atoms with Gasteiger partial charge in [0.2, 0.25) is 0 Å². The normalized spacial score (nSPS) is 19.3. The Kier molecular flexibility index (Phi) is 3.10. The second-order valence-electron chi connectivity index (χ2n) is 5.08. The predicted octanol–water partition coefficient (Wildman–Crippen LogP) is 5.15. The molecule has 1 fully saturated rings. The topological polar surface area (TPSA) is 17.8 Å². The van der Waals surface area contributed by atoms with Gasteiger partial charge in [-0.15, -0.1) is 11.6 Å². The van der Waals surface area contributed by atoms with Gasteiger partial charge < -0.3 is 4.57 Å². The van der Waals surface area contributed by atoms with Crippen LogP contribution in [0.2, 0.25) is 0 Å². The minimum absolute atomic E-state index is 0.0745. The summed E-state index contributed by atoms with van der Waals surface area (Å²) in [5.74, 6) is 0.273. The van der Waals surface area contributed by atoms with E-state index in [1.807, 2.05) is 0 Å². The summed E-state index contributed by atoms with van der Waals surface area (Å²) in [5, 5.41) is -0.582. The second-order valence-corrected chi connectivity index (χ2v) is 6.65. The average molecular weight is 368 g/mol. The van der Waals surface area contributed by atoms with Crippen molar-refractivity contribution in [1.29, 1.82) is 0 Å². The molecule has 2 nitrogen and oxygen atoms in total. The molecule has 1 aliphatic rings. The number of nitrogens with zero attached hydrogens (tertiary/aromatic N) is 2. The summed E-state index contributed by atoms with van der Waals surface area (Å²) in [6.45, 7) is 1.64. The zero-order chi connectivity index (χ0) is 14.7. The van der Waals surface area contributed by atoms with Gasteiger partial charge in [-0.05, 0) is 38.0 Å². The molecule has 0 radical (unpaired) electrons. The summed E-state index contributed by atoms with van der Waals surface area (Å²) in [7, 11) is 0. The van der Waals surface area contributed by atoms with Crippen LogP contribution in [0.5, 0.6) is 0 Å². The molecule has 1 aromatic heterocycles. The molecule has 0 aliphatic heterocycles. The smallest absolute Gasteiger partial charge is 0.311 e. The van der Waals surface area contributed by atoms with E-state index in [-0.39, 0.29) is 18.7 Å². The minimum atomic E-state index is -4.30. The summed E-state index contributed by atoms with van der Waals surface area (Å²) in [4.78, 5) is 4.28. The van der Waals surface area contributed by atoms with Gasteiger partial charge in [0.15, 0.2) is 0 Å². The first-order valence-corrected chi connectivity index (χ1v) is 7.38. The highest BCUT2D eigenvalue weighted by molar-refractivity contribution is 9.10. The Hall–Kier alpha value is -0.750. The zero-order valence-corrected chi connectivity index (χ0v) is 12.8. The molecule has 108 valence electrons. The van der Waals surface area contributed by atoms with E-state index in [4.69, 9.17) is 11.6 Å². The molecule has 0 N–H and O–H groups in total. The van der Waals surface area contributed by atoms with Crippen molar-refractivity contribution in [3.8, 4) is 0 Å². The molecular weight excluding hydrogens is 357 g/mol. The van der Waals surface area contributed by atoms with Crippen LogP contribution in [0, 0.1) is 0 Å². The van der Waals surface area contributed by atoms with Gasteiger partial charge in [-0.1, -0.05) is 15.9 Å². The van der Waals surface area contributed by atoms with Gasteiger partial charge in [0.1, 0.15) is 11.4 Å². The Labute approximate surface area is 127 Å². The summed E-state index contributed by atoms with van der Waals surface area (Å²) in [6.07, 6.45) is -4.15. The predicted molar refractivity (Wildman–Crippen MR) is 75.0 cm³/mol. The van der Waals surface area contributed by atoms with Crippen LogP contribution >= 0.6 is 27.5 Å². The lowest BCUT2D eigenvalue weighted by Gasteiger charge is -2.24. The fraction of sp³-hybridized carbons (Fsp3) is 0.462. The van der Waals surface area contributed by atoms with Crippen molar-refractivity contribution < 1.29 is 13.2 Å². The monoisotopic (exact) mass is 366 g/mol. The van der Waals surface area contributed by atoms with Gasteiger partial charge in [0.25, 0.3) is 0 Å². The number of hydrogen-bond acceptors (Lipinski definition) is 1. The molecule has 1 aromatic carbocycles. The number of benzene rings is 1. The van der Waals surface area contributed by atoms with Crippen LogP contribution in [0.3, 0.4) is 0 Å². The lowest BCUT2D eigenvalue weighted by molar-refractivity contribution is -0.179. The maximum absolute atomic E-state index is 13.4. The van der Waals surface area contributed by atoms with Crippen LogP contribution in [0.1, 0.15) is 31.0 Å². The summed E-state index contributed by atoms with van der Waals surface area (Å²) < 4.78 is 42.3. The van der Waals surface area contributed by atoms with Crippen LogP contribution in [0.15, 0.2) is 22.7 Å². The highest BCUT2D eigenvalue weighted by Crippen LogP contribution is 2.57. The van der Waals surface area contributed by atoms with Crippen molar-refractivity contribution in [2.24, 2.45) is 0 Å². The molecule has 0 saturated heterocycles. The molecule has 20 heavy (non-hydrogen) atoms. The van der Waals surface area contributed by atoms with E-state index in [2.05, 4.69) is 20.9 Å². The molecule has 0 amide bonds. The minimum Gasteiger partial charge on any atom is -0.311 e. The fourth-order valence-electron chi connectivity index (χ4n) is 2.54. The van der Waals surface area contributed by atoms with Gasteiger partial charge in [-0.25, -0.2) is 4.98 Å². The van der Waals surface area contributed by atoms with E-state index >= 15 is 0 Å². The maximum atomic E-state index is 13.4. The summed E-state index contributed by atoms with van der Waals surface area (Å²) in [5.41, 5.74) is -0.843. The molecule has 0 bridgehead atoms. The molecular formula is C13H11BrClF3N2. The van der Waals surface area contributed by atoms with E-state index in [9.17, 15) is 13.2 Å². The quantitative estimate of drug-likeness (QED) is 0.671. The molecule has 1 atom stereocenters. The van der Waals surface area contributed by atoms with Gasteiger partial charge in [-0.3, -0.25) is 0 Å². The number of imidazole rings is 1. The molecule has 0 spiro atoms. The first-order valence-electron chi connectivity index (χ1n) is 6.15. The van der Waals surface area contributed by atoms with Crippen LogP contribution in [0.25, 0.3) is 11.0 Å². The Morgan fingerprint density at radius 1 is 1.40 bits per heavy atom. The van der Waals surface area contributed by atoms with Gasteiger partial charge >= 0.3 is 6.18 Å². The van der Waals surface area contributed by atoms with Crippen LogP contribution in [-0.2, 0) is 5.54 Å². The number of fused-ring (bicyclic) bond motifs is 1. The van der Waals surface area contributed by atoms with Crippen molar-refractivity contribution in [3.63, 3.8) is 0 Å². The van der Waals surface area contributed by atoms with E-state index in [0.717, 1.165) is 4.47 Å². The lowest BCUT2D eigenvalue weighted by Crippen LogP contribution is -2.36. The van der Waals surface area contributed by atoms with Crippen molar-refractivity contribution in [3.05, 3.63) is 28.5 Å². The van der Waals surface area contributed by atoms with Gasteiger partial charge in [-0.2, -0.15) is 13.2 Å². The number of hydrogen-bond donors (Lipinski definition) is 0. The van der Waals surface area contributed by atoms with E-state index in [0.29, 0.717) is 11.0 Å². The zero-order valence-electron chi connectivity index (χ0n) is 10.5. The summed E-state index contributed by atoms with van der Waals surface area (Å²) in [6, 6.07) is 5.12. The van der Waals surface area contributed by atoms with Crippen molar-refractivity contribution >= 4 is 38.6 Å². The van der Waals surface area contributed by atoms with E-state index < -0.39 is 17.1 Å². The summed E-state index contributed by atoms with van der Waals surface area (Å²) >= 11 is 9.34. The van der Waals surface area contributed by atoms with Gasteiger partial charge in [0.05, 0.1) is 16.4 Å². The number of alkyl halides is 4. The molecule has 1 saturated carbocycles. The lowest BCUT2D eigenvalue weighted by atomic mass is 10.2. The Morgan fingerprint density at radius 2 is 2.05 bits per heavy atom. The SMILES string of the molecule is CC(Cl)c1nc2ccc(Br)cc2n1C1(C(F)(F)F)CC1. The Balaban J connectivity index is 2.33. The van der Waals surface area contributed by atoms with Crippen LogP contribution < -0.4 is 0 Å². The third-order valence-corrected chi connectivity index (χ3v) is 4.37. The van der Waals surface area contributed by atoms with E-state index in [1.54, 1.807) is 25.1 Å². The Morgan fingerprint density at radius 3 is 2.55 bits per heavy atom. The Bertz CT molecular complexity index is 674. The standard InChI is InChI=1S/C13H11BrClF3N2/c1-7(15)11-19-9-3-2-8(14)6-10(9)20(11)12(4-5-12)13(16,17)18/h2-3,6-7H,4-5H2,1H3. The molecule has 7 heteroatoms. The molecule has 3 rings (SSSR count). The highest BCUT2D eigenvalue weighted by Gasteiger charge is 2.66. The van der Waals surface area contributed by atoms with Crippen molar-refractivity contribution in [1.82, 2.24) is 9.55 Å².